The summed E-state index contributed by atoms with van der Waals surface area (Å²) >= 11 is 5.70. The van der Waals surface area contributed by atoms with Crippen LogP contribution >= 0.6 is 11.6 Å². The van der Waals surface area contributed by atoms with E-state index in [0.29, 0.717) is 17.9 Å². The zero-order chi connectivity index (χ0) is 23.9. The third-order valence-corrected chi connectivity index (χ3v) is 5.67. The van der Waals surface area contributed by atoms with E-state index < -0.39 is 0 Å². The molecule has 2 aromatic carbocycles. The molecule has 0 saturated carbocycles. The first kappa shape index (κ1) is 26.8. The van der Waals surface area contributed by atoms with Gasteiger partial charge in [-0.25, -0.2) is 4.79 Å². The summed E-state index contributed by atoms with van der Waals surface area (Å²) in [6.07, 6.45) is 9.83. The monoisotopic (exact) mass is 472 g/mol. The van der Waals surface area contributed by atoms with Crippen molar-refractivity contribution in [3.63, 3.8) is 0 Å². The third kappa shape index (κ3) is 9.95. The maximum absolute atomic E-state index is 11.7. The summed E-state index contributed by atoms with van der Waals surface area (Å²) in [6, 6.07) is 11.0. The Morgan fingerprint density at radius 3 is 2.00 bits per heavy atom. The molecule has 0 atom stereocenters. The summed E-state index contributed by atoms with van der Waals surface area (Å²) in [5, 5.41) is 8.76. The van der Waals surface area contributed by atoms with E-state index in [1.165, 1.54) is 38.5 Å². The van der Waals surface area contributed by atoms with Crippen LogP contribution in [0, 0.1) is 13.8 Å². The molecule has 0 spiro atoms. The molecule has 0 unspecified atom stereocenters. The van der Waals surface area contributed by atoms with Crippen LogP contribution in [0.3, 0.4) is 0 Å². The first-order valence-corrected chi connectivity index (χ1v) is 12.6. The van der Waals surface area contributed by atoms with Gasteiger partial charge in [-0.05, 0) is 81.1 Å². The molecular weight excluding hydrogens is 436 g/mol. The van der Waals surface area contributed by atoms with Crippen molar-refractivity contribution in [3.8, 4) is 5.75 Å². The van der Waals surface area contributed by atoms with Gasteiger partial charge in [0.1, 0.15) is 5.75 Å². The quantitative estimate of drug-likeness (QED) is 0.113. The number of unbranched alkanes of at least 4 members (excludes halogenated alkanes) is 7. The minimum atomic E-state index is -0.332. The van der Waals surface area contributed by atoms with Gasteiger partial charge in [-0.1, -0.05) is 38.5 Å². The lowest BCUT2D eigenvalue weighted by Crippen LogP contribution is -2.03. The van der Waals surface area contributed by atoms with E-state index >= 15 is 0 Å². The summed E-state index contributed by atoms with van der Waals surface area (Å²) in [4.78, 5) is 11.7. The van der Waals surface area contributed by atoms with E-state index in [9.17, 15) is 4.79 Å². The third-order valence-electron chi connectivity index (χ3n) is 5.41. The van der Waals surface area contributed by atoms with E-state index in [1.54, 1.807) is 31.2 Å². The van der Waals surface area contributed by atoms with Gasteiger partial charge in [-0.15, -0.1) is 11.6 Å². The average molecular weight is 473 g/mol. The highest BCUT2D eigenvalue weighted by Crippen LogP contribution is 2.30. The summed E-state index contributed by atoms with van der Waals surface area (Å²) in [5.41, 5.74) is 4.07. The van der Waals surface area contributed by atoms with Crippen molar-refractivity contribution in [2.75, 3.05) is 19.1 Å². The number of alkyl halides is 1. The molecule has 180 valence electrons. The Morgan fingerprint density at radius 1 is 0.848 bits per heavy atom. The van der Waals surface area contributed by atoms with Gasteiger partial charge in [-0.3, -0.25) is 0 Å². The summed E-state index contributed by atoms with van der Waals surface area (Å²) in [5.74, 6) is 1.33. The van der Waals surface area contributed by atoms with Gasteiger partial charge in [0.15, 0.2) is 0 Å². The maximum atomic E-state index is 11.7. The number of hydrogen-bond acceptors (Lipinski definition) is 5. The van der Waals surface area contributed by atoms with E-state index in [4.69, 9.17) is 21.1 Å². The zero-order valence-electron chi connectivity index (χ0n) is 20.2. The second-order valence-corrected chi connectivity index (χ2v) is 8.62. The number of esters is 1. The van der Waals surface area contributed by atoms with Crippen molar-refractivity contribution in [1.29, 1.82) is 0 Å². The van der Waals surface area contributed by atoms with Gasteiger partial charge in [-0.2, -0.15) is 10.2 Å². The molecular formula is C27H37ClN2O3. The Labute approximate surface area is 203 Å². The van der Waals surface area contributed by atoms with Crippen LogP contribution in [0.1, 0.15) is 79.8 Å². The molecule has 0 saturated heterocycles. The lowest BCUT2D eigenvalue weighted by molar-refractivity contribution is 0.0526. The Morgan fingerprint density at radius 2 is 1.42 bits per heavy atom. The lowest BCUT2D eigenvalue weighted by Gasteiger charge is -2.10. The number of azo groups is 1. The SMILES string of the molecule is CCOC(=O)c1ccc(N=Nc2c(C)cc(OCCCCCCCCCCCl)cc2C)cc1. The second-order valence-electron chi connectivity index (χ2n) is 8.24. The first-order valence-electron chi connectivity index (χ1n) is 12.0. The molecule has 2 rings (SSSR count). The predicted octanol–water partition coefficient (Wildman–Crippen LogP) is 8.63. The summed E-state index contributed by atoms with van der Waals surface area (Å²) in [7, 11) is 0. The molecule has 0 aromatic heterocycles. The van der Waals surface area contributed by atoms with Crippen LogP contribution in [0.2, 0.25) is 0 Å². The van der Waals surface area contributed by atoms with Gasteiger partial charge >= 0.3 is 5.97 Å². The molecule has 0 bridgehead atoms. The molecule has 0 aliphatic heterocycles. The topological polar surface area (TPSA) is 60.2 Å². The van der Waals surface area contributed by atoms with Crippen LogP contribution in [0.5, 0.6) is 5.75 Å². The van der Waals surface area contributed by atoms with Gasteiger partial charge in [0.05, 0.1) is 30.2 Å². The highest BCUT2D eigenvalue weighted by Gasteiger charge is 2.07. The molecule has 0 N–H and O–H groups in total. The van der Waals surface area contributed by atoms with Crippen LogP contribution in [0.4, 0.5) is 11.4 Å². The Balaban J connectivity index is 1.79. The number of nitrogens with zero attached hydrogens (tertiary/aromatic N) is 2. The van der Waals surface area contributed by atoms with E-state index in [0.717, 1.165) is 47.9 Å². The number of rotatable bonds is 15. The highest BCUT2D eigenvalue weighted by atomic mass is 35.5. The Kier molecular flexibility index (Phi) is 12.6. The van der Waals surface area contributed by atoms with Gasteiger partial charge in [0, 0.05) is 5.88 Å². The maximum Gasteiger partial charge on any atom is 0.338 e. The van der Waals surface area contributed by atoms with Crippen molar-refractivity contribution in [2.24, 2.45) is 10.2 Å². The number of carbonyl (C=O) groups is 1. The van der Waals surface area contributed by atoms with E-state index in [1.807, 2.05) is 26.0 Å². The van der Waals surface area contributed by atoms with Crippen LogP contribution in [-0.4, -0.2) is 25.1 Å². The van der Waals surface area contributed by atoms with Crippen LogP contribution in [0.15, 0.2) is 46.6 Å². The van der Waals surface area contributed by atoms with Gasteiger partial charge < -0.3 is 9.47 Å². The van der Waals surface area contributed by atoms with Crippen LogP contribution < -0.4 is 4.74 Å². The molecule has 0 fully saturated rings. The molecule has 0 amide bonds. The number of aryl methyl sites for hydroxylation is 2. The molecule has 6 heteroatoms. The first-order chi connectivity index (χ1) is 16.0. The molecule has 0 aliphatic rings. The molecule has 0 aliphatic carbocycles. The smallest absolute Gasteiger partial charge is 0.338 e. The van der Waals surface area contributed by atoms with Crippen LogP contribution in [0.25, 0.3) is 0 Å². The summed E-state index contributed by atoms with van der Waals surface area (Å²) in [6.45, 7) is 6.91. The van der Waals surface area contributed by atoms with Crippen LogP contribution in [-0.2, 0) is 4.74 Å². The normalized spacial score (nSPS) is 11.2. The van der Waals surface area contributed by atoms with E-state index in [2.05, 4.69) is 10.2 Å². The second kappa shape index (κ2) is 15.4. The number of benzene rings is 2. The molecule has 5 nitrogen and oxygen atoms in total. The highest BCUT2D eigenvalue weighted by molar-refractivity contribution is 6.17. The molecule has 0 radical (unpaired) electrons. The van der Waals surface area contributed by atoms with Gasteiger partial charge in [0.25, 0.3) is 0 Å². The number of halogens is 1. The predicted molar refractivity (Wildman–Crippen MR) is 136 cm³/mol. The van der Waals surface area contributed by atoms with Crippen molar-refractivity contribution >= 4 is 28.9 Å². The standard InChI is InChI=1S/C27H37ClN2O3/c1-4-32-27(31)23-13-15-24(16-14-23)29-30-26-21(2)19-25(20-22(26)3)33-18-12-10-8-6-5-7-9-11-17-28/h13-16,19-20H,4-12,17-18H2,1-3H3. The Bertz CT molecular complexity index is 858. The fourth-order valence-electron chi connectivity index (χ4n) is 3.59. The molecule has 33 heavy (non-hydrogen) atoms. The number of hydrogen-bond donors (Lipinski definition) is 0. The average Bonchev–Trinajstić information content (AvgIpc) is 2.80. The molecule has 2 aromatic rings. The minimum Gasteiger partial charge on any atom is -0.494 e. The Hall–Kier alpha value is -2.40. The fraction of sp³-hybridized carbons (Fsp3) is 0.519. The lowest BCUT2D eigenvalue weighted by atomic mass is 10.1. The van der Waals surface area contributed by atoms with Crippen molar-refractivity contribution in [1.82, 2.24) is 0 Å². The number of carbonyl (C=O) groups excluding carboxylic acids is 1. The molecule has 0 heterocycles. The summed E-state index contributed by atoms with van der Waals surface area (Å²) < 4.78 is 11.0. The van der Waals surface area contributed by atoms with E-state index in [-0.39, 0.29) is 5.97 Å². The van der Waals surface area contributed by atoms with Crippen molar-refractivity contribution in [2.45, 2.75) is 72.1 Å². The van der Waals surface area contributed by atoms with Gasteiger partial charge in [0.2, 0.25) is 0 Å². The zero-order valence-corrected chi connectivity index (χ0v) is 21.0. The van der Waals surface area contributed by atoms with Crippen molar-refractivity contribution in [3.05, 3.63) is 53.1 Å². The largest absolute Gasteiger partial charge is 0.494 e. The fourth-order valence-corrected chi connectivity index (χ4v) is 3.78. The van der Waals surface area contributed by atoms with Crippen molar-refractivity contribution < 1.29 is 14.3 Å². The number of ether oxygens (including phenoxy) is 2. The minimum absolute atomic E-state index is 0.332.